The van der Waals surface area contributed by atoms with Crippen LogP contribution in [-0.2, 0) is 6.54 Å². The minimum absolute atomic E-state index is 0.123. The van der Waals surface area contributed by atoms with Crippen molar-refractivity contribution in [2.75, 3.05) is 5.32 Å². The van der Waals surface area contributed by atoms with Gasteiger partial charge in [-0.05, 0) is 49.2 Å². The number of rotatable bonds is 4. The van der Waals surface area contributed by atoms with Crippen molar-refractivity contribution in [3.63, 3.8) is 0 Å². The second-order valence-electron chi connectivity index (χ2n) is 4.80. The van der Waals surface area contributed by atoms with Crippen molar-refractivity contribution in [3.05, 3.63) is 66.1 Å². The Hall–Kier alpha value is -1.40. The van der Waals surface area contributed by atoms with Crippen LogP contribution in [0.4, 0.5) is 11.4 Å². The van der Waals surface area contributed by atoms with E-state index in [9.17, 15) is 10.1 Å². The number of anilines is 1. The minimum atomic E-state index is -0.356. The van der Waals surface area contributed by atoms with Gasteiger partial charge in [0.05, 0.1) is 4.92 Å². The van der Waals surface area contributed by atoms with Crippen molar-refractivity contribution in [1.29, 1.82) is 0 Å². The van der Waals surface area contributed by atoms with E-state index in [1.54, 1.807) is 12.1 Å². The maximum Gasteiger partial charge on any atom is 0.274 e. The Balaban J connectivity index is 2.28. The number of benzene rings is 2. The van der Waals surface area contributed by atoms with Gasteiger partial charge in [0.1, 0.15) is 0 Å². The van der Waals surface area contributed by atoms with Crippen LogP contribution in [0.2, 0.25) is 0 Å². The summed E-state index contributed by atoms with van der Waals surface area (Å²) in [6.45, 7) is 4.42. The Bertz CT molecular complexity index is 679. The smallest absolute Gasteiger partial charge is 0.274 e. The number of nitro groups is 1. The summed E-state index contributed by atoms with van der Waals surface area (Å²) < 4.78 is 1.85. The van der Waals surface area contributed by atoms with E-state index in [0.29, 0.717) is 12.1 Å². The summed E-state index contributed by atoms with van der Waals surface area (Å²) in [4.78, 5) is 10.7. The molecule has 0 spiro atoms. The minimum Gasteiger partial charge on any atom is -0.380 e. The number of hydrogen-bond acceptors (Lipinski definition) is 3. The Morgan fingerprint density at radius 1 is 1.10 bits per heavy atom. The fraction of sp³-hybridized carbons (Fsp3) is 0.200. The highest BCUT2D eigenvalue weighted by atomic mass is 79.9. The Labute approximate surface area is 140 Å². The molecule has 0 aliphatic heterocycles. The van der Waals surface area contributed by atoms with Crippen molar-refractivity contribution in [2.24, 2.45) is 0 Å². The van der Waals surface area contributed by atoms with Gasteiger partial charge in [0.2, 0.25) is 0 Å². The van der Waals surface area contributed by atoms with E-state index in [4.69, 9.17) is 0 Å². The van der Waals surface area contributed by atoms with Crippen LogP contribution < -0.4 is 5.32 Å². The highest BCUT2D eigenvalue weighted by Gasteiger charge is 2.14. The van der Waals surface area contributed by atoms with Gasteiger partial charge in [-0.3, -0.25) is 10.1 Å². The molecule has 0 fully saturated rings. The maximum atomic E-state index is 11.1. The van der Waals surface area contributed by atoms with Crippen molar-refractivity contribution < 1.29 is 4.92 Å². The molecule has 0 aliphatic rings. The van der Waals surface area contributed by atoms with Gasteiger partial charge in [0.25, 0.3) is 5.69 Å². The molecule has 6 heteroatoms. The SMILES string of the molecule is Cc1cc(Br)cc(C)c1NCc1cc(Br)ccc1[N+](=O)[O-]. The van der Waals surface area contributed by atoms with E-state index in [1.165, 1.54) is 6.07 Å². The predicted molar refractivity (Wildman–Crippen MR) is 91.7 cm³/mol. The molecule has 0 amide bonds. The van der Waals surface area contributed by atoms with Gasteiger partial charge in [-0.1, -0.05) is 31.9 Å². The zero-order valence-corrected chi connectivity index (χ0v) is 14.8. The number of nitrogens with zero attached hydrogens (tertiary/aromatic N) is 1. The molecule has 0 unspecified atom stereocenters. The van der Waals surface area contributed by atoms with Crippen molar-refractivity contribution in [2.45, 2.75) is 20.4 Å². The van der Waals surface area contributed by atoms with Gasteiger partial charge in [-0.25, -0.2) is 0 Å². The third kappa shape index (κ3) is 3.83. The third-order valence-electron chi connectivity index (χ3n) is 3.19. The number of nitro benzene ring substituents is 1. The molecule has 0 atom stereocenters. The van der Waals surface area contributed by atoms with Gasteiger partial charge in [-0.15, -0.1) is 0 Å². The normalized spacial score (nSPS) is 10.5. The number of nitrogens with one attached hydrogen (secondary N) is 1. The molecule has 21 heavy (non-hydrogen) atoms. The van der Waals surface area contributed by atoms with E-state index in [2.05, 4.69) is 37.2 Å². The first-order valence-corrected chi connectivity index (χ1v) is 7.90. The monoisotopic (exact) mass is 412 g/mol. The quantitative estimate of drug-likeness (QED) is 0.542. The molecule has 4 nitrogen and oxygen atoms in total. The van der Waals surface area contributed by atoms with E-state index < -0.39 is 0 Å². The summed E-state index contributed by atoms with van der Waals surface area (Å²) in [7, 11) is 0. The van der Waals surface area contributed by atoms with Crippen LogP contribution in [-0.4, -0.2) is 4.92 Å². The molecule has 1 N–H and O–H groups in total. The summed E-state index contributed by atoms with van der Waals surface area (Å²) in [5.74, 6) is 0. The maximum absolute atomic E-state index is 11.1. The lowest BCUT2D eigenvalue weighted by Crippen LogP contribution is -2.05. The van der Waals surface area contributed by atoms with Crippen LogP contribution in [0.15, 0.2) is 39.3 Å². The average molecular weight is 414 g/mol. The zero-order valence-electron chi connectivity index (χ0n) is 11.6. The van der Waals surface area contributed by atoms with Crippen molar-refractivity contribution >= 4 is 43.2 Å². The highest BCUT2D eigenvalue weighted by Crippen LogP contribution is 2.28. The third-order valence-corrected chi connectivity index (χ3v) is 4.14. The fourth-order valence-electron chi connectivity index (χ4n) is 2.25. The average Bonchev–Trinajstić information content (AvgIpc) is 2.37. The zero-order chi connectivity index (χ0) is 15.6. The number of aryl methyl sites for hydroxylation is 2. The van der Waals surface area contributed by atoms with E-state index >= 15 is 0 Å². The molecule has 2 aromatic carbocycles. The van der Waals surface area contributed by atoms with Gasteiger partial charge < -0.3 is 5.32 Å². The van der Waals surface area contributed by atoms with Crippen LogP contribution in [0.25, 0.3) is 0 Å². The largest absolute Gasteiger partial charge is 0.380 e. The first kappa shape index (κ1) is 16.0. The summed E-state index contributed by atoms with van der Waals surface area (Å²) in [6.07, 6.45) is 0. The lowest BCUT2D eigenvalue weighted by atomic mass is 10.1. The van der Waals surface area contributed by atoms with Crippen LogP contribution in [0.3, 0.4) is 0 Å². The summed E-state index contributed by atoms with van der Waals surface area (Å²) in [5, 5.41) is 14.4. The molecule has 0 aromatic heterocycles. The summed E-state index contributed by atoms with van der Waals surface area (Å²) >= 11 is 6.81. The van der Waals surface area contributed by atoms with Gasteiger partial charge in [0, 0.05) is 32.8 Å². The van der Waals surface area contributed by atoms with Gasteiger partial charge in [-0.2, -0.15) is 0 Å². The van der Waals surface area contributed by atoms with Gasteiger partial charge in [0.15, 0.2) is 0 Å². The Kier molecular flexibility index (Phi) is 5.00. The molecular weight excluding hydrogens is 400 g/mol. The Morgan fingerprint density at radius 2 is 1.71 bits per heavy atom. The number of halogens is 2. The second kappa shape index (κ2) is 6.58. The molecule has 0 heterocycles. The fourth-order valence-corrected chi connectivity index (χ4v) is 3.34. The van der Waals surface area contributed by atoms with E-state index in [-0.39, 0.29) is 10.6 Å². The molecular formula is C15H14Br2N2O2. The lowest BCUT2D eigenvalue weighted by molar-refractivity contribution is -0.385. The van der Waals surface area contributed by atoms with E-state index in [0.717, 1.165) is 25.8 Å². The van der Waals surface area contributed by atoms with Crippen LogP contribution in [0.5, 0.6) is 0 Å². The molecule has 0 saturated carbocycles. The van der Waals surface area contributed by atoms with Crippen LogP contribution in [0.1, 0.15) is 16.7 Å². The van der Waals surface area contributed by atoms with Crippen molar-refractivity contribution in [1.82, 2.24) is 0 Å². The summed E-state index contributed by atoms with van der Waals surface area (Å²) in [5.41, 5.74) is 3.97. The number of hydrogen-bond donors (Lipinski definition) is 1. The highest BCUT2D eigenvalue weighted by molar-refractivity contribution is 9.10. The topological polar surface area (TPSA) is 55.2 Å². The molecule has 110 valence electrons. The molecule has 0 bridgehead atoms. The molecule has 2 rings (SSSR count). The first-order valence-electron chi connectivity index (χ1n) is 6.32. The van der Waals surface area contributed by atoms with Crippen LogP contribution >= 0.6 is 31.9 Å². The van der Waals surface area contributed by atoms with Crippen molar-refractivity contribution in [3.8, 4) is 0 Å². The molecule has 2 aromatic rings. The first-order chi connectivity index (χ1) is 9.88. The standard InChI is InChI=1S/C15H14Br2N2O2/c1-9-5-13(17)6-10(2)15(9)18-8-11-7-12(16)3-4-14(11)19(20)21/h3-7,18H,8H2,1-2H3. The predicted octanol–water partition coefficient (Wildman–Crippen LogP) is 5.35. The molecule has 0 saturated heterocycles. The molecule has 0 aliphatic carbocycles. The Morgan fingerprint density at radius 3 is 2.29 bits per heavy atom. The lowest BCUT2D eigenvalue weighted by Gasteiger charge is -2.13. The van der Waals surface area contributed by atoms with Gasteiger partial charge >= 0.3 is 0 Å². The van der Waals surface area contributed by atoms with E-state index in [1.807, 2.05) is 26.0 Å². The second-order valence-corrected chi connectivity index (χ2v) is 6.63. The van der Waals surface area contributed by atoms with Crippen LogP contribution in [0, 0.1) is 24.0 Å². The molecule has 0 radical (unpaired) electrons. The summed E-state index contributed by atoms with van der Waals surface area (Å²) in [6, 6.07) is 9.00.